The van der Waals surface area contributed by atoms with Gasteiger partial charge in [0, 0.05) is 66.3 Å². The highest BCUT2D eigenvalue weighted by Crippen LogP contribution is 2.49. The molecule has 6 rings (SSSR count). The molecule has 0 atom stereocenters. The van der Waals surface area contributed by atoms with Gasteiger partial charge in [-0.15, -0.1) is 0 Å². The maximum Gasteiger partial charge on any atom is 0.294 e. The second-order valence-corrected chi connectivity index (χ2v) is 24.6. The number of allylic oxidation sites excluding steroid dienone is 6. The van der Waals surface area contributed by atoms with Gasteiger partial charge in [0.25, 0.3) is 46.4 Å². The minimum Gasteiger partial charge on any atom is -0.344 e. The lowest BCUT2D eigenvalue weighted by atomic mass is 9.81. The van der Waals surface area contributed by atoms with Crippen molar-refractivity contribution in [3.8, 4) is 0 Å². The molecule has 0 fully saturated rings. The molecule has 27 heteroatoms. The molecule has 2 aromatic carbocycles. The van der Waals surface area contributed by atoms with Crippen LogP contribution in [0.1, 0.15) is 67.7 Å². The van der Waals surface area contributed by atoms with Gasteiger partial charge < -0.3 is 4.90 Å². The first-order chi connectivity index (χ1) is 31.7. The second kappa shape index (κ2) is 18.9. The van der Waals surface area contributed by atoms with Gasteiger partial charge in [-0.25, -0.2) is 23.5 Å². The number of pyridine rings is 1. The fourth-order valence-electron chi connectivity index (χ4n) is 8.09. The number of nitrogens with zero attached hydrogens (tertiary/aromatic N) is 6. The normalized spacial score (nSPS) is 16.9. The Morgan fingerprint density at radius 2 is 1.32 bits per heavy atom. The predicted molar refractivity (Wildman–Crippen MR) is 253 cm³/mol. The Hall–Kier alpha value is -5.62. The van der Waals surface area contributed by atoms with E-state index >= 15 is 0 Å². The molecular weight excluding hydrogens is 1000 g/mol. The van der Waals surface area contributed by atoms with Gasteiger partial charge in [0.05, 0.1) is 50.4 Å². The Morgan fingerprint density at radius 1 is 0.739 bits per heavy atom. The van der Waals surface area contributed by atoms with Crippen LogP contribution in [0.3, 0.4) is 0 Å². The number of hydrogen-bond donors (Lipinski definition) is 5. The molecule has 0 aliphatic carbocycles. The summed E-state index contributed by atoms with van der Waals surface area (Å²) in [4.78, 5) is 27.7. The molecule has 2 aromatic heterocycles. The molecule has 370 valence electrons. The number of hydrogen-bond acceptors (Lipinski definition) is 15. The van der Waals surface area contributed by atoms with Gasteiger partial charge >= 0.3 is 0 Å². The van der Waals surface area contributed by atoms with E-state index in [1.54, 1.807) is 61.5 Å². The number of nitrogens with two attached hydrogens (primary N) is 1. The van der Waals surface area contributed by atoms with Gasteiger partial charge in [-0.3, -0.25) is 32.9 Å². The summed E-state index contributed by atoms with van der Waals surface area (Å²) in [5.74, 6) is -1.99. The van der Waals surface area contributed by atoms with Gasteiger partial charge in [0.15, 0.2) is 5.71 Å². The van der Waals surface area contributed by atoms with Crippen molar-refractivity contribution in [2.24, 2.45) is 5.14 Å². The van der Waals surface area contributed by atoms with Crippen molar-refractivity contribution in [3.63, 3.8) is 0 Å². The van der Waals surface area contributed by atoms with Gasteiger partial charge in [-0.1, -0.05) is 19.9 Å². The third-order valence-electron chi connectivity index (χ3n) is 11.6. The van der Waals surface area contributed by atoms with Gasteiger partial charge in [-0.05, 0) is 80.4 Å². The summed E-state index contributed by atoms with van der Waals surface area (Å²) in [5.41, 5.74) is 1.56. The third kappa shape index (κ3) is 11.9. The number of aromatic nitrogens is 3. The molecule has 0 unspecified atom stereocenters. The van der Waals surface area contributed by atoms with Crippen molar-refractivity contribution in [2.45, 2.75) is 66.1 Å². The predicted octanol–water partition coefficient (Wildman–Crippen LogP) is 3.54. The minimum absolute atomic E-state index is 0.0256. The fourth-order valence-corrected chi connectivity index (χ4v) is 10.5. The van der Waals surface area contributed by atoms with Crippen LogP contribution in [0, 0.1) is 0 Å². The Morgan fingerprint density at radius 3 is 1.87 bits per heavy atom. The van der Waals surface area contributed by atoms with Crippen LogP contribution in [0.4, 0.5) is 17.3 Å². The van der Waals surface area contributed by atoms with E-state index in [1.807, 2.05) is 0 Å². The number of amides is 1. The lowest BCUT2D eigenvalue weighted by Gasteiger charge is -2.27. The SMILES string of the molecule is CN(C(=O)c1ccc(C(=C\C=C2\N(CCCS(=O)(=O)O)c3ccc(S(=O)(=O)O)cc3C2(C)C)/C=C/C2=[N+](CCCS(=O)(=O)O)c3ccc(S(=O)(=O)O)cc3C2(C)C)nc1)c1ncc(S(N)(=O)=O)cn1. The standard InChI is InChI=1S/C42H47N7O15S5/c1-41(2)32-22-29(68(59,60)61)11-14-35(32)48(18-6-20-65(51,52)53)37(41)16-9-27(34-13-8-28(24-44-34)39(50)47(5)40-45-25-31(26-46-40)67(43,57)58)10-17-38-42(3,4)33-23-30(69(62,63)64)12-15-36(33)49(38)19-7-21-66(54,55)56/h8-17,22-26H,6-7,18-21H2,1-5H3,(H5-,43,51,52,53,54,55,56,57,58,59,60,61,62,63,64)/p+1. The van der Waals surface area contributed by atoms with E-state index in [0.29, 0.717) is 39.5 Å². The number of fused-ring (bicyclic) bond motifs is 2. The highest BCUT2D eigenvalue weighted by Gasteiger charge is 2.45. The average Bonchev–Trinajstić information content (AvgIpc) is 3.58. The maximum atomic E-state index is 13.6. The summed E-state index contributed by atoms with van der Waals surface area (Å²) in [6, 6.07) is 10.9. The molecule has 0 saturated heterocycles. The Kier molecular flexibility index (Phi) is 14.5. The number of benzene rings is 2. The van der Waals surface area contributed by atoms with Crippen molar-refractivity contribution < 1.29 is 69.7 Å². The Labute approximate surface area is 399 Å². The van der Waals surface area contributed by atoms with Crippen molar-refractivity contribution in [1.82, 2.24) is 15.0 Å². The van der Waals surface area contributed by atoms with E-state index in [0.717, 1.165) is 17.3 Å². The number of anilines is 2. The second-order valence-electron chi connectivity index (χ2n) is 17.1. The molecule has 22 nitrogen and oxygen atoms in total. The molecule has 1 amide bonds. The molecule has 0 spiro atoms. The van der Waals surface area contributed by atoms with E-state index in [4.69, 9.17) is 5.14 Å². The number of rotatable bonds is 17. The van der Waals surface area contributed by atoms with E-state index in [-0.39, 0.29) is 57.8 Å². The smallest absolute Gasteiger partial charge is 0.294 e. The monoisotopic (exact) mass is 1050 g/mol. The first-order valence-corrected chi connectivity index (χ1v) is 28.1. The number of carbonyl (C=O) groups is 1. The van der Waals surface area contributed by atoms with Crippen molar-refractivity contribution in [1.29, 1.82) is 0 Å². The van der Waals surface area contributed by atoms with Crippen LogP contribution in [-0.2, 0) is 61.3 Å². The molecule has 2 aliphatic heterocycles. The molecule has 4 heterocycles. The van der Waals surface area contributed by atoms with Crippen LogP contribution in [0.5, 0.6) is 0 Å². The van der Waals surface area contributed by atoms with Crippen molar-refractivity contribution >= 4 is 85.0 Å². The van der Waals surface area contributed by atoms with Gasteiger partial charge in [0.2, 0.25) is 21.7 Å². The Bertz CT molecular complexity index is 3450. The molecule has 0 bridgehead atoms. The highest BCUT2D eigenvalue weighted by atomic mass is 32.2. The molecular formula is C42H48N7O15S5+. The Balaban J connectivity index is 1.51. The molecule has 69 heavy (non-hydrogen) atoms. The fraction of sp³-hybridized carbons (Fsp3) is 0.310. The number of sulfonamides is 1. The van der Waals surface area contributed by atoms with E-state index in [1.165, 1.54) is 61.8 Å². The summed E-state index contributed by atoms with van der Waals surface area (Å²) in [7, 11) is -20.8. The molecule has 4 aromatic rings. The highest BCUT2D eigenvalue weighted by molar-refractivity contribution is 7.89. The molecule has 0 saturated carbocycles. The van der Waals surface area contributed by atoms with Crippen molar-refractivity contribution in [3.05, 3.63) is 120 Å². The van der Waals surface area contributed by atoms with Crippen LogP contribution in [0.15, 0.2) is 112 Å². The van der Waals surface area contributed by atoms with Crippen LogP contribution >= 0.6 is 0 Å². The first kappa shape index (κ1) is 52.7. The zero-order valence-corrected chi connectivity index (χ0v) is 41.6. The lowest BCUT2D eigenvalue weighted by Crippen LogP contribution is -2.28. The summed E-state index contributed by atoms with van der Waals surface area (Å²) < 4.78 is 160. The summed E-state index contributed by atoms with van der Waals surface area (Å²) in [5, 5.41) is 5.14. The number of primary sulfonamides is 1. The maximum absolute atomic E-state index is 13.6. The summed E-state index contributed by atoms with van der Waals surface area (Å²) in [6.07, 6.45) is 9.67. The van der Waals surface area contributed by atoms with Crippen LogP contribution in [0.25, 0.3) is 5.57 Å². The topological polar surface area (TPSA) is 343 Å². The summed E-state index contributed by atoms with van der Waals surface area (Å²) in [6.45, 7) is 7.16. The van der Waals surface area contributed by atoms with Crippen molar-refractivity contribution in [2.75, 3.05) is 41.4 Å². The zero-order chi connectivity index (χ0) is 51.3. The quantitative estimate of drug-likeness (QED) is 0.0573. The molecule has 6 N–H and O–H groups in total. The molecule has 2 aliphatic rings. The number of carbonyl (C=O) groups excluding carboxylic acids is 1. The van der Waals surface area contributed by atoms with E-state index in [9.17, 15) is 65.1 Å². The zero-order valence-electron chi connectivity index (χ0n) is 37.5. The van der Waals surface area contributed by atoms with E-state index < -0.39 is 78.7 Å². The summed E-state index contributed by atoms with van der Waals surface area (Å²) >= 11 is 0. The lowest BCUT2D eigenvalue weighted by molar-refractivity contribution is -0.437. The van der Waals surface area contributed by atoms with E-state index in [2.05, 4.69) is 15.0 Å². The largest absolute Gasteiger partial charge is 0.344 e. The molecule has 0 radical (unpaired) electrons. The van der Waals surface area contributed by atoms with Crippen LogP contribution < -0.4 is 14.9 Å². The minimum atomic E-state index is -4.65. The van der Waals surface area contributed by atoms with Gasteiger partial charge in [0.1, 0.15) is 11.4 Å². The third-order valence-corrected chi connectivity index (χ3v) is 15.8. The average molecular weight is 1050 g/mol. The first-order valence-electron chi connectivity index (χ1n) is 20.5. The van der Waals surface area contributed by atoms with Gasteiger partial charge in [-0.2, -0.15) is 38.2 Å². The van der Waals surface area contributed by atoms with Crippen LogP contribution in [-0.4, -0.2) is 123 Å². The van der Waals surface area contributed by atoms with Crippen LogP contribution in [0.2, 0.25) is 0 Å².